The number of hydrogen-bond donors (Lipinski definition) is 0. The molecule has 0 unspecified atom stereocenters. The molecule has 0 bridgehead atoms. The average molecular weight is 198 g/mol. The van der Waals surface area contributed by atoms with E-state index in [-0.39, 0.29) is 0 Å². The van der Waals surface area contributed by atoms with E-state index in [9.17, 15) is 0 Å². The van der Waals surface area contributed by atoms with E-state index in [1.807, 2.05) is 0 Å². The van der Waals surface area contributed by atoms with Gasteiger partial charge >= 0.3 is 0 Å². The van der Waals surface area contributed by atoms with Crippen molar-refractivity contribution in [2.45, 2.75) is 64.2 Å². The average Bonchev–Trinajstić information content (AvgIpc) is 2.06. The second kappa shape index (κ2) is 7.37. The minimum atomic E-state index is -0.914. The normalized spacial score (nSPS) is 11.6. The maximum Gasteiger partial charge on any atom is 0.0572 e. The molecule has 0 atom stereocenters. The van der Waals surface area contributed by atoms with Crippen molar-refractivity contribution in [3.05, 3.63) is 12.7 Å². The summed E-state index contributed by atoms with van der Waals surface area (Å²) in [5.74, 6) is 0. The topological polar surface area (TPSA) is 0 Å². The highest BCUT2D eigenvalue weighted by Crippen LogP contribution is 2.30. The molecule has 0 N–H and O–H groups in total. The van der Waals surface area contributed by atoms with Crippen LogP contribution >= 0.6 is 0 Å². The number of allylic oxidation sites excluding steroid dienone is 1. The summed E-state index contributed by atoms with van der Waals surface area (Å²) >= 11 is 0. The van der Waals surface area contributed by atoms with E-state index in [0.29, 0.717) is 0 Å². The van der Waals surface area contributed by atoms with Crippen LogP contribution in [0.25, 0.3) is 0 Å². The Morgan fingerprint density at radius 3 is 1.54 bits per heavy atom. The van der Waals surface area contributed by atoms with Gasteiger partial charge in [-0.2, -0.15) is 0 Å². The van der Waals surface area contributed by atoms with Gasteiger partial charge in [-0.1, -0.05) is 64.2 Å². The zero-order valence-corrected chi connectivity index (χ0v) is 10.7. The predicted molar refractivity (Wildman–Crippen MR) is 66.1 cm³/mol. The molecule has 0 saturated carbocycles. The molecule has 1 heteroatoms. The van der Waals surface area contributed by atoms with Crippen molar-refractivity contribution in [1.82, 2.24) is 0 Å². The Bertz CT molecular complexity index is 112. The molecule has 0 radical (unpaired) electrons. The fourth-order valence-corrected chi connectivity index (χ4v) is 7.74. The maximum atomic E-state index is 3.93. The molecular formula is C12H26Si. The van der Waals surface area contributed by atoms with Crippen molar-refractivity contribution in [1.29, 1.82) is 0 Å². The molecule has 0 rings (SSSR count). The molecule has 0 heterocycles. The molecule has 0 amide bonds. The third kappa shape index (κ3) is 4.66. The summed E-state index contributed by atoms with van der Waals surface area (Å²) in [4.78, 5) is 0. The zero-order chi connectivity index (χ0) is 10.2. The SMILES string of the molecule is C=CC[Si](CCC)(CCC)CCC. The molecule has 0 spiro atoms. The molecule has 0 aromatic heterocycles. The second-order valence-corrected chi connectivity index (χ2v) is 9.15. The van der Waals surface area contributed by atoms with Gasteiger partial charge in [-0.15, -0.1) is 6.58 Å². The Balaban J connectivity index is 4.27. The van der Waals surface area contributed by atoms with E-state index >= 15 is 0 Å². The lowest BCUT2D eigenvalue weighted by Crippen LogP contribution is -2.32. The molecule has 0 aliphatic heterocycles. The van der Waals surface area contributed by atoms with Crippen molar-refractivity contribution >= 4 is 8.07 Å². The minimum Gasteiger partial charge on any atom is -0.103 e. The van der Waals surface area contributed by atoms with Crippen molar-refractivity contribution in [2.75, 3.05) is 0 Å². The van der Waals surface area contributed by atoms with Gasteiger partial charge < -0.3 is 0 Å². The van der Waals surface area contributed by atoms with E-state index in [1.54, 1.807) is 0 Å². The predicted octanol–water partition coefficient (Wildman–Crippen LogP) is 4.85. The third-order valence-corrected chi connectivity index (χ3v) is 8.76. The summed E-state index contributed by atoms with van der Waals surface area (Å²) in [5.41, 5.74) is 0. The Hall–Kier alpha value is -0.0431. The van der Waals surface area contributed by atoms with Crippen molar-refractivity contribution < 1.29 is 0 Å². The largest absolute Gasteiger partial charge is 0.103 e. The first-order valence-corrected chi connectivity index (χ1v) is 8.68. The Morgan fingerprint density at radius 2 is 1.31 bits per heavy atom. The van der Waals surface area contributed by atoms with Crippen LogP contribution in [0.3, 0.4) is 0 Å². The molecule has 0 aromatic carbocycles. The van der Waals surface area contributed by atoms with E-state index in [4.69, 9.17) is 0 Å². The third-order valence-electron chi connectivity index (χ3n) is 2.92. The zero-order valence-electron chi connectivity index (χ0n) is 9.73. The van der Waals surface area contributed by atoms with Gasteiger partial charge in [-0.05, 0) is 6.04 Å². The van der Waals surface area contributed by atoms with Crippen LogP contribution < -0.4 is 0 Å². The molecule has 0 fully saturated rings. The van der Waals surface area contributed by atoms with Crippen molar-refractivity contribution in [3.8, 4) is 0 Å². The fourth-order valence-electron chi connectivity index (χ4n) is 2.58. The molecule has 0 saturated heterocycles. The fraction of sp³-hybridized carbons (Fsp3) is 0.833. The molecule has 0 aliphatic rings. The first-order chi connectivity index (χ1) is 6.24. The summed E-state index contributed by atoms with van der Waals surface area (Å²) in [6.45, 7) is 10.9. The van der Waals surface area contributed by atoms with Gasteiger partial charge in [0.15, 0.2) is 0 Å². The van der Waals surface area contributed by atoms with Gasteiger partial charge in [0, 0.05) is 0 Å². The summed E-state index contributed by atoms with van der Waals surface area (Å²) in [6, 6.07) is 5.89. The van der Waals surface area contributed by atoms with E-state index in [1.165, 1.54) is 43.4 Å². The Morgan fingerprint density at radius 1 is 0.923 bits per heavy atom. The van der Waals surface area contributed by atoms with Gasteiger partial charge in [0.1, 0.15) is 0 Å². The first-order valence-electron chi connectivity index (χ1n) is 5.85. The van der Waals surface area contributed by atoms with Gasteiger partial charge in [0.25, 0.3) is 0 Å². The Labute approximate surface area is 85.4 Å². The van der Waals surface area contributed by atoms with Crippen LogP contribution in [0.1, 0.15) is 40.0 Å². The number of rotatable bonds is 8. The van der Waals surface area contributed by atoms with E-state index in [0.717, 1.165) is 0 Å². The summed E-state index contributed by atoms with van der Waals surface area (Å²) < 4.78 is 0. The van der Waals surface area contributed by atoms with Gasteiger partial charge in [-0.3, -0.25) is 0 Å². The highest BCUT2D eigenvalue weighted by Gasteiger charge is 2.27. The van der Waals surface area contributed by atoms with Crippen LogP contribution in [-0.4, -0.2) is 8.07 Å². The standard InChI is InChI=1S/C12H26Si/c1-5-9-13(10-6-2,11-7-3)12-8-4/h5H,1,6-12H2,2-4H3. The van der Waals surface area contributed by atoms with Gasteiger partial charge in [0.05, 0.1) is 8.07 Å². The smallest absolute Gasteiger partial charge is 0.0572 e. The monoisotopic (exact) mass is 198 g/mol. The summed E-state index contributed by atoms with van der Waals surface area (Å²) in [7, 11) is -0.914. The number of hydrogen-bond acceptors (Lipinski definition) is 0. The van der Waals surface area contributed by atoms with Crippen LogP contribution in [0.2, 0.25) is 24.2 Å². The van der Waals surface area contributed by atoms with Gasteiger partial charge in [-0.25, -0.2) is 0 Å². The van der Waals surface area contributed by atoms with Crippen LogP contribution in [0.4, 0.5) is 0 Å². The molecular weight excluding hydrogens is 172 g/mol. The minimum absolute atomic E-state index is 0.914. The first kappa shape index (κ1) is 13.0. The lowest BCUT2D eigenvalue weighted by atomic mass is 10.5. The molecule has 78 valence electrons. The molecule has 0 nitrogen and oxygen atoms in total. The summed E-state index contributed by atoms with van der Waals surface area (Å²) in [5, 5.41) is 0. The summed E-state index contributed by atoms with van der Waals surface area (Å²) in [6.07, 6.45) is 6.30. The van der Waals surface area contributed by atoms with Crippen LogP contribution in [0, 0.1) is 0 Å². The lowest BCUT2D eigenvalue weighted by Gasteiger charge is -2.30. The van der Waals surface area contributed by atoms with Crippen molar-refractivity contribution in [2.24, 2.45) is 0 Å². The van der Waals surface area contributed by atoms with Gasteiger partial charge in [0.2, 0.25) is 0 Å². The molecule has 0 aliphatic carbocycles. The second-order valence-electron chi connectivity index (χ2n) is 4.24. The highest BCUT2D eigenvalue weighted by atomic mass is 28.3. The van der Waals surface area contributed by atoms with Crippen LogP contribution in [-0.2, 0) is 0 Å². The lowest BCUT2D eigenvalue weighted by molar-refractivity contribution is 0.917. The Kier molecular flexibility index (Phi) is 7.34. The van der Waals surface area contributed by atoms with E-state index < -0.39 is 8.07 Å². The maximum absolute atomic E-state index is 3.93. The molecule has 0 aromatic rings. The van der Waals surface area contributed by atoms with Crippen LogP contribution in [0.15, 0.2) is 12.7 Å². The van der Waals surface area contributed by atoms with E-state index in [2.05, 4.69) is 33.4 Å². The molecule has 13 heavy (non-hydrogen) atoms. The van der Waals surface area contributed by atoms with Crippen molar-refractivity contribution in [3.63, 3.8) is 0 Å². The highest BCUT2D eigenvalue weighted by molar-refractivity contribution is 6.80. The van der Waals surface area contributed by atoms with Crippen LogP contribution in [0.5, 0.6) is 0 Å². The quantitative estimate of drug-likeness (QED) is 0.386.